The van der Waals surface area contributed by atoms with Gasteiger partial charge in [0.05, 0.1) is 38.8 Å². The number of hydrogen-bond donors (Lipinski definition) is 18. The molecule has 34 heteroatoms. The number of aliphatic carboxylic acids is 1. The molecular formula is C42H62N16O17S. The van der Waals surface area contributed by atoms with Crippen molar-refractivity contribution in [2.75, 3.05) is 18.8 Å². The highest BCUT2D eigenvalue weighted by atomic mass is 32.1. The van der Waals surface area contributed by atoms with Crippen molar-refractivity contribution >= 4 is 107 Å². The van der Waals surface area contributed by atoms with E-state index in [0.717, 1.165) is 0 Å². The number of carbonyl (C=O) groups excluding carboxylic acids is 15. The zero-order valence-electron chi connectivity index (χ0n) is 40.5. The molecule has 418 valence electrons. The van der Waals surface area contributed by atoms with Crippen LogP contribution in [0.1, 0.15) is 56.9 Å². The lowest BCUT2D eigenvalue weighted by Crippen LogP contribution is -2.61. The molecule has 0 aromatic heterocycles. The summed E-state index contributed by atoms with van der Waals surface area (Å²) in [6.07, 6.45) is -6.20. The second-order valence-electron chi connectivity index (χ2n) is 16.4. The summed E-state index contributed by atoms with van der Waals surface area (Å²) < 4.78 is 0. The van der Waals surface area contributed by atoms with Crippen molar-refractivity contribution < 1.29 is 81.8 Å². The zero-order chi connectivity index (χ0) is 57.8. The molecule has 76 heavy (non-hydrogen) atoms. The van der Waals surface area contributed by atoms with Crippen molar-refractivity contribution in [3.8, 4) is 0 Å². The molecule has 0 saturated heterocycles. The molecule has 24 N–H and O–H groups in total. The zero-order valence-corrected chi connectivity index (χ0v) is 41.4. The van der Waals surface area contributed by atoms with E-state index in [1.54, 1.807) is 18.2 Å². The number of thiol groups is 1. The normalized spacial score (nSPS) is 13.8. The van der Waals surface area contributed by atoms with Crippen LogP contribution in [0.15, 0.2) is 30.3 Å². The van der Waals surface area contributed by atoms with Gasteiger partial charge < -0.3 is 93.1 Å². The smallest absolute Gasteiger partial charge is 0.326 e. The van der Waals surface area contributed by atoms with Crippen molar-refractivity contribution in [3.05, 3.63) is 35.9 Å². The van der Waals surface area contributed by atoms with Crippen LogP contribution in [0.2, 0.25) is 0 Å². The highest BCUT2D eigenvalue weighted by Gasteiger charge is 2.36. The molecule has 1 aromatic rings. The van der Waals surface area contributed by atoms with Crippen LogP contribution in [-0.2, 0) is 83.1 Å². The molecule has 33 nitrogen and oxygen atoms in total. The quantitative estimate of drug-likeness (QED) is 0.0278. The maximum absolute atomic E-state index is 13.8. The molecule has 1 rings (SSSR count). The molecule has 0 spiro atoms. The van der Waals surface area contributed by atoms with Crippen molar-refractivity contribution in [3.63, 3.8) is 0 Å². The number of primary amides is 6. The molecule has 0 saturated carbocycles. The van der Waals surface area contributed by atoms with Crippen LogP contribution in [0.3, 0.4) is 0 Å². The van der Waals surface area contributed by atoms with Gasteiger partial charge in [-0.2, -0.15) is 12.6 Å². The summed E-state index contributed by atoms with van der Waals surface area (Å²) in [5.41, 5.74) is 37.2. The van der Waals surface area contributed by atoms with Crippen LogP contribution >= 0.6 is 12.6 Å². The number of benzene rings is 1. The summed E-state index contributed by atoms with van der Waals surface area (Å²) in [4.78, 5) is 202. The van der Waals surface area contributed by atoms with Gasteiger partial charge in [0.1, 0.15) is 48.3 Å². The van der Waals surface area contributed by atoms with E-state index < -0.39 is 207 Å². The Labute approximate surface area is 436 Å². The van der Waals surface area contributed by atoms with Gasteiger partial charge in [-0.15, -0.1) is 0 Å². The van der Waals surface area contributed by atoms with Gasteiger partial charge in [-0.3, -0.25) is 71.9 Å². The van der Waals surface area contributed by atoms with E-state index in [1.807, 2.05) is 10.6 Å². The maximum atomic E-state index is 13.8. The molecule has 8 atom stereocenters. The highest BCUT2D eigenvalue weighted by Crippen LogP contribution is 2.08. The average molecular weight is 1100 g/mol. The van der Waals surface area contributed by atoms with Gasteiger partial charge in [-0.25, -0.2) is 4.79 Å². The Morgan fingerprint density at radius 2 is 0.763 bits per heavy atom. The van der Waals surface area contributed by atoms with Crippen molar-refractivity contribution in [1.29, 1.82) is 0 Å². The molecule has 0 unspecified atom stereocenters. The van der Waals surface area contributed by atoms with Gasteiger partial charge in [-0.05, 0) is 18.4 Å². The van der Waals surface area contributed by atoms with E-state index in [4.69, 9.17) is 40.1 Å². The molecule has 0 aliphatic heterocycles. The van der Waals surface area contributed by atoms with E-state index in [2.05, 4.69) is 49.8 Å². The van der Waals surface area contributed by atoms with Gasteiger partial charge >= 0.3 is 5.97 Å². The molecule has 0 heterocycles. The summed E-state index contributed by atoms with van der Waals surface area (Å²) in [5, 5.41) is 29.0. The van der Waals surface area contributed by atoms with E-state index in [-0.39, 0.29) is 12.2 Å². The predicted molar refractivity (Wildman–Crippen MR) is 261 cm³/mol. The second kappa shape index (κ2) is 33.0. The Morgan fingerprint density at radius 1 is 0.421 bits per heavy atom. The Bertz CT molecular complexity index is 2360. The average Bonchev–Trinajstić information content (AvgIpc) is 3.32. The van der Waals surface area contributed by atoms with E-state index in [1.165, 1.54) is 12.1 Å². The fraction of sp³-hybridized carbons (Fsp3) is 0.476. The second-order valence-corrected chi connectivity index (χ2v) is 16.8. The number of hydrogen-bond acceptors (Lipinski definition) is 18. The molecule has 0 fully saturated rings. The first-order valence-corrected chi connectivity index (χ1v) is 23.2. The fourth-order valence-electron chi connectivity index (χ4n) is 6.42. The van der Waals surface area contributed by atoms with Crippen LogP contribution in [0.4, 0.5) is 0 Å². The van der Waals surface area contributed by atoms with Gasteiger partial charge in [0.2, 0.25) is 88.6 Å². The lowest BCUT2D eigenvalue weighted by Gasteiger charge is -2.26. The Morgan fingerprint density at radius 3 is 1.14 bits per heavy atom. The first-order valence-electron chi connectivity index (χ1n) is 22.5. The first kappa shape index (κ1) is 65.1. The summed E-state index contributed by atoms with van der Waals surface area (Å²) in [6, 6.07) is -6.49. The number of carboxylic acids is 1. The summed E-state index contributed by atoms with van der Waals surface area (Å²) in [6.45, 7) is -1.49. The number of nitrogens with one attached hydrogen (secondary N) is 9. The third-order valence-electron chi connectivity index (χ3n) is 10.1. The summed E-state index contributed by atoms with van der Waals surface area (Å²) >= 11 is 3.98. The monoisotopic (exact) mass is 1090 g/mol. The number of carboxylic acid groups (broad SMARTS) is 1. The van der Waals surface area contributed by atoms with Crippen LogP contribution < -0.4 is 88.0 Å². The van der Waals surface area contributed by atoms with Gasteiger partial charge in [0.25, 0.3) is 0 Å². The van der Waals surface area contributed by atoms with Crippen molar-refractivity contribution in [1.82, 2.24) is 47.9 Å². The van der Waals surface area contributed by atoms with Crippen LogP contribution in [0.25, 0.3) is 0 Å². The third-order valence-corrected chi connectivity index (χ3v) is 10.5. The van der Waals surface area contributed by atoms with Gasteiger partial charge in [-0.1, -0.05) is 30.3 Å². The molecular weight excluding hydrogens is 1030 g/mol. The Hall–Kier alpha value is -8.95. The van der Waals surface area contributed by atoms with Crippen molar-refractivity contribution in [2.45, 2.75) is 106 Å². The van der Waals surface area contributed by atoms with Gasteiger partial charge in [0, 0.05) is 25.0 Å². The summed E-state index contributed by atoms with van der Waals surface area (Å²) in [5.74, 6) is -19.3. The van der Waals surface area contributed by atoms with E-state index >= 15 is 0 Å². The lowest BCUT2D eigenvalue weighted by molar-refractivity contribution is -0.142. The first-order chi connectivity index (χ1) is 35.6. The SMILES string of the molecule is NCC(=O)N[C@@H](CS)C(=O)N[C@@H](CCC(N)=O)C(=O)NCC(=O)N[C@@H](CC(N)=O)C(=O)N[C@@H](CC(N)=O)C(=O)N[C@@H](CC(N)=O)C(=O)N[C@@H](CC(N)=O)C(=O)N[C@@H](Cc1ccccc1)C(=O)N[C@@H](CCC(N)=O)C(=O)O. The molecule has 0 bridgehead atoms. The Kier molecular flexibility index (Phi) is 28.2. The Balaban J connectivity index is 3.39. The number of amides is 15. The van der Waals surface area contributed by atoms with E-state index in [0.29, 0.717) is 5.56 Å². The maximum Gasteiger partial charge on any atom is 0.326 e. The minimum absolute atomic E-state index is 0.261. The predicted octanol–water partition coefficient (Wildman–Crippen LogP) is -10.8. The molecule has 15 amide bonds. The number of carbonyl (C=O) groups is 16. The van der Waals surface area contributed by atoms with E-state index in [9.17, 15) is 81.8 Å². The van der Waals surface area contributed by atoms with Crippen LogP contribution in [-0.4, -0.2) is 167 Å². The van der Waals surface area contributed by atoms with Crippen LogP contribution in [0.5, 0.6) is 0 Å². The minimum atomic E-state index is -2.10. The van der Waals surface area contributed by atoms with Crippen LogP contribution in [0, 0.1) is 0 Å². The minimum Gasteiger partial charge on any atom is -0.480 e. The van der Waals surface area contributed by atoms with Gasteiger partial charge in [0.15, 0.2) is 0 Å². The molecule has 0 aliphatic carbocycles. The largest absolute Gasteiger partial charge is 0.480 e. The summed E-state index contributed by atoms with van der Waals surface area (Å²) in [7, 11) is 0. The number of rotatable bonds is 36. The topological polar surface area (TPSA) is 584 Å². The molecule has 0 radical (unpaired) electrons. The number of nitrogens with two attached hydrogens (primary N) is 7. The third kappa shape index (κ3) is 25.6. The lowest BCUT2D eigenvalue weighted by atomic mass is 10.0. The molecule has 1 aromatic carbocycles. The highest BCUT2D eigenvalue weighted by molar-refractivity contribution is 7.80. The fourth-order valence-corrected chi connectivity index (χ4v) is 6.67. The van der Waals surface area contributed by atoms with Crippen molar-refractivity contribution in [2.24, 2.45) is 40.1 Å². The standard InChI is InChI=1S/C42H62N16O17S/c43-15-33(65)52-26(17-76)41(73)53-19(6-8-27(44)59)35(67)50-16-34(66)51-22(11-29(46)61)37(69)56-24(13-31(48)63)39(71)58-25(14-32(49)64)40(72)57-23(12-30(47)62)38(70)55-21(10-18-4-2-1-3-5-18)36(68)54-20(42(74)75)7-9-28(45)60/h1-5,19-26,76H,6-17,43H2,(H2,44,59)(H2,45,60)(H2,46,61)(H2,47,62)(H2,48,63)(H2,49,64)(H,50,67)(H,51,66)(H,52,65)(H,53,73)(H,54,68)(H,55,70)(H,56,69)(H,57,72)(H,58,71)(H,74,75)/t19-,20-,21-,22-,23-,24-,25-,26-/m0/s1. The molecule has 0 aliphatic rings.